The van der Waals surface area contributed by atoms with E-state index in [1.165, 1.54) is 11.3 Å². The van der Waals surface area contributed by atoms with E-state index in [2.05, 4.69) is 15.7 Å². The number of aliphatic hydroxyl groups excluding tert-OH is 1. The fourth-order valence-corrected chi connectivity index (χ4v) is 2.97. The van der Waals surface area contributed by atoms with E-state index in [-0.39, 0.29) is 12.5 Å². The molecule has 0 aliphatic heterocycles. The van der Waals surface area contributed by atoms with Gasteiger partial charge in [-0.3, -0.25) is 9.48 Å². The molecule has 0 saturated heterocycles. The van der Waals surface area contributed by atoms with Gasteiger partial charge in [-0.25, -0.2) is 0 Å². The Bertz CT molecular complexity index is 814. The number of nitrogens with zero attached hydrogens (tertiary/aromatic N) is 2. The van der Waals surface area contributed by atoms with Crippen molar-refractivity contribution in [2.45, 2.75) is 6.10 Å². The number of carbonyl (C=O) groups is 1. The maximum absolute atomic E-state index is 12.3. The van der Waals surface area contributed by atoms with Gasteiger partial charge in [0, 0.05) is 31.0 Å². The minimum atomic E-state index is -0.697. The minimum Gasteiger partial charge on any atom is -0.387 e. The van der Waals surface area contributed by atoms with Gasteiger partial charge in [0.05, 0.1) is 18.0 Å². The molecule has 3 N–H and O–H groups in total. The second-order valence-corrected chi connectivity index (χ2v) is 6.17. The average Bonchev–Trinajstić information content (AvgIpc) is 3.24. The summed E-state index contributed by atoms with van der Waals surface area (Å²) in [6.45, 7) is 0.176. The van der Waals surface area contributed by atoms with E-state index in [0.29, 0.717) is 5.56 Å². The van der Waals surface area contributed by atoms with Crippen LogP contribution in [-0.4, -0.2) is 27.3 Å². The lowest BCUT2D eigenvalue weighted by Crippen LogP contribution is -2.28. The van der Waals surface area contributed by atoms with Crippen LogP contribution in [0.3, 0.4) is 0 Å². The molecule has 1 atom stereocenters. The predicted molar refractivity (Wildman–Crippen MR) is 94.5 cm³/mol. The number of benzene rings is 1. The van der Waals surface area contributed by atoms with Crippen molar-refractivity contribution in [3.63, 3.8) is 0 Å². The van der Waals surface area contributed by atoms with Gasteiger partial charge in [-0.05, 0) is 40.6 Å². The summed E-state index contributed by atoms with van der Waals surface area (Å²) in [6, 6.07) is 9.03. The first-order valence-electron chi connectivity index (χ1n) is 7.46. The van der Waals surface area contributed by atoms with Gasteiger partial charge in [0.2, 0.25) is 0 Å². The Kier molecular flexibility index (Phi) is 4.93. The van der Waals surface area contributed by atoms with E-state index in [1.807, 2.05) is 42.2 Å². The highest BCUT2D eigenvalue weighted by Gasteiger charge is 2.11. The molecular formula is C17H18N4O2S. The average molecular weight is 342 g/mol. The Balaban J connectivity index is 1.61. The molecule has 1 aromatic carbocycles. The highest BCUT2D eigenvalue weighted by molar-refractivity contribution is 7.07. The third-order valence-electron chi connectivity index (χ3n) is 3.50. The molecule has 0 spiro atoms. The second-order valence-electron chi connectivity index (χ2n) is 5.39. The van der Waals surface area contributed by atoms with Crippen molar-refractivity contribution in [2.75, 3.05) is 11.9 Å². The number of aliphatic hydroxyl groups is 1. The zero-order chi connectivity index (χ0) is 16.9. The van der Waals surface area contributed by atoms with Crippen molar-refractivity contribution in [1.82, 2.24) is 15.1 Å². The molecule has 6 nitrogen and oxygen atoms in total. The lowest BCUT2D eigenvalue weighted by atomic mass is 10.1. The van der Waals surface area contributed by atoms with E-state index in [0.717, 1.165) is 16.9 Å². The Morgan fingerprint density at radius 1 is 1.38 bits per heavy atom. The Morgan fingerprint density at radius 2 is 2.25 bits per heavy atom. The Hall–Kier alpha value is -2.64. The number of aryl methyl sites for hydroxylation is 1. The lowest BCUT2D eigenvalue weighted by Gasteiger charge is -2.11. The van der Waals surface area contributed by atoms with Crippen LogP contribution in [-0.2, 0) is 7.05 Å². The van der Waals surface area contributed by atoms with Crippen molar-refractivity contribution >= 4 is 28.6 Å². The van der Waals surface area contributed by atoms with Gasteiger partial charge in [-0.15, -0.1) is 0 Å². The van der Waals surface area contributed by atoms with Gasteiger partial charge in [0.1, 0.15) is 0 Å². The molecule has 3 aromatic rings. The minimum absolute atomic E-state index is 0.176. The Morgan fingerprint density at radius 3 is 2.96 bits per heavy atom. The van der Waals surface area contributed by atoms with Crippen LogP contribution in [0.5, 0.6) is 0 Å². The number of hydrogen-bond acceptors (Lipinski definition) is 5. The SMILES string of the molecule is Cn1cc(Nc2cccc(C(=O)NCC(O)c3ccsc3)c2)cn1. The molecule has 0 fully saturated rings. The zero-order valence-corrected chi connectivity index (χ0v) is 14.0. The van der Waals surface area contributed by atoms with Crippen LogP contribution in [0.2, 0.25) is 0 Å². The van der Waals surface area contributed by atoms with Crippen LogP contribution in [0.1, 0.15) is 22.0 Å². The molecule has 0 aliphatic rings. The fourth-order valence-electron chi connectivity index (χ4n) is 2.26. The van der Waals surface area contributed by atoms with Crippen molar-refractivity contribution in [3.8, 4) is 0 Å². The van der Waals surface area contributed by atoms with Gasteiger partial charge in [-0.1, -0.05) is 6.07 Å². The molecule has 7 heteroatoms. The smallest absolute Gasteiger partial charge is 0.251 e. The van der Waals surface area contributed by atoms with Crippen LogP contribution in [0.4, 0.5) is 11.4 Å². The van der Waals surface area contributed by atoms with E-state index in [1.54, 1.807) is 23.0 Å². The summed E-state index contributed by atoms with van der Waals surface area (Å²) >= 11 is 1.52. The lowest BCUT2D eigenvalue weighted by molar-refractivity contribution is 0.0916. The molecule has 0 saturated carbocycles. The number of carbonyl (C=O) groups excluding carboxylic acids is 1. The first kappa shape index (κ1) is 16.2. The van der Waals surface area contributed by atoms with Crippen LogP contribution in [0, 0.1) is 0 Å². The third kappa shape index (κ3) is 4.01. The van der Waals surface area contributed by atoms with Crippen molar-refractivity contribution < 1.29 is 9.90 Å². The van der Waals surface area contributed by atoms with Gasteiger partial charge >= 0.3 is 0 Å². The summed E-state index contributed by atoms with van der Waals surface area (Å²) in [4.78, 5) is 12.3. The zero-order valence-electron chi connectivity index (χ0n) is 13.1. The van der Waals surface area contributed by atoms with E-state index >= 15 is 0 Å². The van der Waals surface area contributed by atoms with E-state index < -0.39 is 6.10 Å². The highest BCUT2D eigenvalue weighted by atomic mass is 32.1. The molecule has 124 valence electrons. The van der Waals surface area contributed by atoms with Crippen LogP contribution >= 0.6 is 11.3 Å². The molecule has 24 heavy (non-hydrogen) atoms. The highest BCUT2D eigenvalue weighted by Crippen LogP contribution is 2.18. The number of thiophene rings is 1. The van der Waals surface area contributed by atoms with Gasteiger partial charge in [0.15, 0.2) is 0 Å². The van der Waals surface area contributed by atoms with Crippen molar-refractivity contribution in [2.24, 2.45) is 7.05 Å². The number of anilines is 2. The fraction of sp³-hybridized carbons (Fsp3) is 0.176. The summed E-state index contributed by atoms with van der Waals surface area (Å²) < 4.78 is 1.70. The predicted octanol–water partition coefficient (Wildman–Crippen LogP) is 2.69. The summed E-state index contributed by atoms with van der Waals surface area (Å²) in [5, 5.41) is 23.8. The monoisotopic (exact) mass is 342 g/mol. The molecule has 0 bridgehead atoms. The number of hydrogen-bond donors (Lipinski definition) is 3. The van der Waals surface area contributed by atoms with Gasteiger partial charge < -0.3 is 15.7 Å². The number of aromatic nitrogens is 2. The molecule has 2 aromatic heterocycles. The van der Waals surface area contributed by atoms with Crippen LogP contribution in [0.25, 0.3) is 0 Å². The number of amides is 1. The standard InChI is InChI=1S/C17H18N4O2S/c1-21-10-15(8-19-21)20-14-4-2-3-12(7-14)17(23)18-9-16(22)13-5-6-24-11-13/h2-8,10-11,16,20,22H,9H2,1H3,(H,18,23). The summed E-state index contributed by atoms with van der Waals surface area (Å²) in [5.41, 5.74) is 2.99. The number of rotatable bonds is 6. The molecule has 1 amide bonds. The Labute approximate surface area is 143 Å². The molecule has 0 aliphatic carbocycles. The maximum atomic E-state index is 12.3. The van der Waals surface area contributed by atoms with Crippen molar-refractivity contribution in [3.05, 3.63) is 64.6 Å². The van der Waals surface area contributed by atoms with Gasteiger partial charge in [-0.2, -0.15) is 16.4 Å². The normalized spacial score (nSPS) is 11.9. The molecule has 0 radical (unpaired) electrons. The first-order valence-corrected chi connectivity index (χ1v) is 8.40. The first-order chi connectivity index (χ1) is 11.6. The molecule has 3 rings (SSSR count). The summed E-state index contributed by atoms with van der Waals surface area (Å²) in [5.74, 6) is -0.223. The largest absolute Gasteiger partial charge is 0.387 e. The quantitative estimate of drug-likeness (QED) is 0.643. The van der Waals surface area contributed by atoms with Crippen molar-refractivity contribution in [1.29, 1.82) is 0 Å². The molecule has 2 heterocycles. The molecular weight excluding hydrogens is 324 g/mol. The van der Waals surface area contributed by atoms with Crippen LogP contribution < -0.4 is 10.6 Å². The van der Waals surface area contributed by atoms with Gasteiger partial charge in [0.25, 0.3) is 5.91 Å². The van der Waals surface area contributed by atoms with E-state index in [9.17, 15) is 9.90 Å². The summed E-state index contributed by atoms with van der Waals surface area (Å²) in [7, 11) is 1.84. The maximum Gasteiger partial charge on any atom is 0.251 e. The second kappa shape index (κ2) is 7.29. The number of nitrogens with one attached hydrogen (secondary N) is 2. The topological polar surface area (TPSA) is 79.2 Å². The third-order valence-corrected chi connectivity index (χ3v) is 4.20. The molecule has 1 unspecified atom stereocenters. The van der Waals surface area contributed by atoms with Crippen LogP contribution in [0.15, 0.2) is 53.5 Å². The summed E-state index contributed by atoms with van der Waals surface area (Å²) in [6.07, 6.45) is 2.87. The van der Waals surface area contributed by atoms with E-state index in [4.69, 9.17) is 0 Å².